The van der Waals surface area contributed by atoms with Gasteiger partial charge in [-0.05, 0) is 43.5 Å². The van der Waals surface area contributed by atoms with Gasteiger partial charge in [0.25, 0.3) is 5.69 Å². The average molecular weight is 612 g/mol. The van der Waals surface area contributed by atoms with Crippen LogP contribution in [0.2, 0.25) is 0 Å². The first-order valence-corrected chi connectivity index (χ1v) is 14.9. The second kappa shape index (κ2) is 12.1. The van der Waals surface area contributed by atoms with Gasteiger partial charge in [-0.1, -0.05) is 0 Å². The first-order chi connectivity index (χ1) is 22.0. The lowest BCUT2D eigenvalue weighted by atomic mass is 10.0. The van der Waals surface area contributed by atoms with Crippen LogP contribution in [0.5, 0.6) is 17.2 Å². The molecular weight excluding hydrogens is 578 g/mol. The summed E-state index contributed by atoms with van der Waals surface area (Å²) in [6.45, 7) is 6.80. The Morgan fingerprint density at radius 2 is 1.82 bits per heavy atom. The van der Waals surface area contributed by atoms with E-state index in [-0.39, 0.29) is 10.6 Å². The van der Waals surface area contributed by atoms with E-state index in [4.69, 9.17) is 14.2 Å². The van der Waals surface area contributed by atoms with Crippen molar-refractivity contribution in [3.63, 3.8) is 0 Å². The molecule has 2 aromatic carbocycles. The monoisotopic (exact) mass is 611 g/mol. The molecule has 45 heavy (non-hydrogen) atoms. The Kier molecular flexibility index (Phi) is 7.73. The molecule has 14 heteroatoms. The minimum absolute atomic E-state index is 0.0294. The maximum Gasteiger partial charge on any atom is 0.293 e. The summed E-state index contributed by atoms with van der Waals surface area (Å²) in [5, 5.41) is 20.3. The summed E-state index contributed by atoms with van der Waals surface area (Å²) in [5.41, 5.74) is 3.36. The van der Waals surface area contributed by atoms with Crippen LogP contribution < -0.4 is 19.7 Å². The minimum Gasteiger partial charge on any atom is -0.494 e. The average Bonchev–Trinajstić information content (AvgIpc) is 3.54. The number of pyridine rings is 1. The number of fused-ring (bicyclic) bond motifs is 2. The molecule has 2 aliphatic heterocycles. The molecule has 0 aliphatic carbocycles. The van der Waals surface area contributed by atoms with Crippen LogP contribution in [0.4, 0.5) is 22.9 Å². The third-order valence-corrected chi connectivity index (χ3v) is 8.53. The van der Waals surface area contributed by atoms with Gasteiger partial charge < -0.3 is 24.4 Å². The predicted molar refractivity (Wildman–Crippen MR) is 168 cm³/mol. The Balaban J connectivity index is 1.15. The van der Waals surface area contributed by atoms with Crippen LogP contribution in [0.15, 0.2) is 55.2 Å². The van der Waals surface area contributed by atoms with Gasteiger partial charge in [0.05, 0.1) is 36.5 Å². The number of benzene rings is 2. The molecule has 1 N–H and O–H groups in total. The van der Waals surface area contributed by atoms with E-state index in [1.54, 1.807) is 48.2 Å². The van der Waals surface area contributed by atoms with E-state index in [1.165, 1.54) is 12.7 Å². The molecule has 0 saturated carbocycles. The van der Waals surface area contributed by atoms with Crippen LogP contribution in [0.25, 0.3) is 16.6 Å². The van der Waals surface area contributed by atoms with Crippen molar-refractivity contribution in [2.75, 3.05) is 56.7 Å². The zero-order chi connectivity index (χ0) is 30.9. The largest absolute Gasteiger partial charge is 0.494 e. The summed E-state index contributed by atoms with van der Waals surface area (Å²) in [7, 11) is 1.57. The molecule has 7 rings (SSSR count). The lowest BCUT2D eigenvalue weighted by Gasteiger charge is -2.40. The molecule has 0 unspecified atom stereocenters. The fraction of sp³-hybridized carbons (Fsp3) is 0.355. The number of aryl methyl sites for hydroxylation is 1. The van der Waals surface area contributed by atoms with Crippen molar-refractivity contribution in [1.29, 1.82) is 0 Å². The molecule has 2 saturated heterocycles. The standard InChI is InChI=1S/C31H33N9O5/c1-20-13-25(29(43-2)17-28(20)45-22-5-8-39-30(14-22)33-19-35-39)36-31-23-15-27(40(41)42)26(16-24(23)32-18-34-31)38-6-3-21(4-7-38)37-9-11-44-12-10-37/h5,8,13-19,21H,3-4,6-7,9-12H2,1-2H3,(H,32,34,36). The van der Waals surface area contributed by atoms with E-state index in [9.17, 15) is 10.1 Å². The fourth-order valence-electron chi connectivity index (χ4n) is 6.15. The highest BCUT2D eigenvalue weighted by molar-refractivity contribution is 5.96. The number of hydrogen-bond donors (Lipinski definition) is 1. The van der Waals surface area contributed by atoms with E-state index in [0.29, 0.717) is 57.0 Å². The van der Waals surface area contributed by atoms with Crippen molar-refractivity contribution >= 4 is 39.4 Å². The number of piperidine rings is 1. The van der Waals surface area contributed by atoms with Crippen LogP contribution in [-0.2, 0) is 4.74 Å². The summed E-state index contributed by atoms with van der Waals surface area (Å²) in [6, 6.07) is 11.1. The van der Waals surface area contributed by atoms with Gasteiger partial charge in [-0.2, -0.15) is 5.10 Å². The highest BCUT2D eigenvalue weighted by atomic mass is 16.6. The zero-order valence-corrected chi connectivity index (χ0v) is 25.0. The Morgan fingerprint density at radius 1 is 1.00 bits per heavy atom. The lowest BCUT2D eigenvalue weighted by molar-refractivity contribution is -0.384. The summed E-state index contributed by atoms with van der Waals surface area (Å²) >= 11 is 0. The molecule has 2 fully saturated rings. The second-order valence-corrected chi connectivity index (χ2v) is 11.2. The number of nitrogens with one attached hydrogen (secondary N) is 1. The van der Waals surface area contributed by atoms with E-state index in [0.717, 1.165) is 57.8 Å². The summed E-state index contributed by atoms with van der Waals surface area (Å²) < 4.78 is 19.0. The van der Waals surface area contributed by atoms with Crippen molar-refractivity contribution in [3.05, 3.63) is 70.9 Å². The van der Waals surface area contributed by atoms with E-state index >= 15 is 0 Å². The highest BCUT2D eigenvalue weighted by Gasteiger charge is 2.29. The number of methoxy groups -OCH3 is 1. The minimum atomic E-state index is -0.326. The molecule has 3 aromatic heterocycles. The Bertz CT molecular complexity index is 1870. The fourth-order valence-corrected chi connectivity index (χ4v) is 6.15. The first-order valence-electron chi connectivity index (χ1n) is 14.9. The molecule has 2 aliphatic rings. The Hall–Kier alpha value is -5.08. The van der Waals surface area contributed by atoms with Crippen molar-refractivity contribution in [1.82, 2.24) is 29.5 Å². The van der Waals surface area contributed by atoms with Gasteiger partial charge in [0.15, 0.2) is 5.65 Å². The Morgan fingerprint density at radius 3 is 2.60 bits per heavy atom. The number of aromatic nitrogens is 5. The molecule has 5 aromatic rings. The number of nitro benzene ring substituents is 1. The molecule has 5 heterocycles. The molecule has 14 nitrogen and oxygen atoms in total. The number of nitrogens with zero attached hydrogens (tertiary/aromatic N) is 8. The summed E-state index contributed by atoms with van der Waals surface area (Å²) in [5.74, 6) is 2.16. The third kappa shape index (κ3) is 5.77. The van der Waals surface area contributed by atoms with Gasteiger partial charge in [-0.15, -0.1) is 0 Å². The van der Waals surface area contributed by atoms with Crippen molar-refractivity contribution in [2.24, 2.45) is 0 Å². The molecule has 232 valence electrons. The number of anilines is 3. The van der Waals surface area contributed by atoms with Gasteiger partial charge in [0.2, 0.25) is 0 Å². The van der Waals surface area contributed by atoms with Gasteiger partial charge in [-0.3, -0.25) is 15.0 Å². The van der Waals surface area contributed by atoms with Crippen LogP contribution in [0.3, 0.4) is 0 Å². The van der Waals surface area contributed by atoms with Crippen LogP contribution in [0.1, 0.15) is 18.4 Å². The smallest absolute Gasteiger partial charge is 0.293 e. The highest BCUT2D eigenvalue weighted by Crippen LogP contribution is 2.40. The van der Waals surface area contributed by atoms with Crippen molar-refractivity contribution in [3.8, 4) is 17.2 Å². The van der Waals surface area contributed by atoms with Crippen LogP contribution in [0, 0.1) is 17.0 Å². The van der Waals surface area contributed by atoms with Gasteiger partial charge in [0.1, 0.15) is 41.4 Å². The number of nitro groups is 1. The molecule has 0 spiro atoms. The molecular formula is C31H33N9O5. The Labute approximate surface area is 258 Å². The van der Waals surface area contributed by atoms with Crippen molar-refractivity contribution in [2.45, 2.75) is 25.8 Å². The maximum absolute atomic E-state index is 12.3. The molecule has 0 atom stereocenters. The molecule has 0 amide bonds. The third-order valence-electron chi connectivity index (χ3n) is 8.53. The molecule has 0 radical (unpaired) electrons. The number of rotatable bonds is 8. The van der Waals surface area contributed by atoms with E-state index in [1.807, 2.05) is 13.0 Å². The zero-order valence-electron chi connectivity index (χ0n) is 25.0. The number of morpholine rings is 1. The van der Waals surface area contributed by atoms with Crippen molar-refractivity contribution < 1.29 is 19.1 Å². The van der Waals surface area contributed by atoms with E-state index < -0.39 is 0 Å². The van der Waals surface area contributed by atoms with E-state index in [2.05, 4.69) is 35.2 Å². The maximum atomic E-state index is 12.3. The predicted octanol–water partition coefficient (Wildman–Crippen LogP) is 4.73. The van der Waals surface area contributed by atoms with Gasteiger partial charge in [-0.25, -0.2) is 19.5 Å². The first kappa shape index (κ1) is 28.7. The summed E-state index contributed by atoms with van der Waals surface area (Å²) in [6.07, 6.45) is 6.61. The normalized spacial score (nSPS) is 16.3. The van der Waals surface area contributed by atoms with Gasteiger partial charge in [0, 0.05) is 62.0 Å². The number of hydrogen-bond acceptors (Lipinski definition) is 12. The summed E-state index contributed by atoms with van der Waals surface area (Å²) in [4.78, 5) is 29.7. The lowest BCUT2D eigenvalue weighted by Crippen LogP contribution is -2.49. The SMILES string of the molecule is COc1cc(Oc2ccn3ncnc3c2)c(C)cc1Nc1ncnc2cc(N3CCC(N4CCOCC4)CC3)c([N+](=O)[O-])cc12. The topological polar surface area (TPSA) is 145 Å². The van der Waals surface area contributed by atoms with Crippen LogP contribution in [-0.4, -0.2) is 86.9 Å². The van der Waals surface area contributed by atoms with Crippen LogP contribution >= 0.6 is 0 Å². The molecule has 0 bridgehead atoms. The quantitative estimate of drug-likeness (QED) is 0.191. The number of ether oxygens (including phenoxy) is 3. The second-order valence-electron chi connectivity index (χ2n) is 11.2. The van der Waals surface area contributed by atoms with Gasteiger partial charge >= 0.3 is 0 Å².